The zero-order valence-corrected chi connectivity index (χ0v) is 17.9. The first kappa shape index (κ1) is 19.7. The van der Waals surface area contributed by atoms with Crippen molar-refractivity contribution < 1.29 is 9.53 Å². The van der Waals surface area contributed by atoms with Gasteiger partial charge in [-0.15, -0.1) is 0 Å². The molecule has 30 heavy (non-hydrogen) atoms. The fourth-order valence-electron chi connectivity index (χ4n) is 4.93. The molecule has 8 heteroatoms. The molecule has 3 aliphatic rings. The number of rotatable bonds is 3. The quantitative estimate of drug-likeness (QED) is 0.810. The van der Waals surface area contributed by atoms with Gasteiger partial charge in [-0.1, -0.05) is 23.7 Å². The maximum absolute atomic E-state index is 13.7. The lowest BCUT2D eigenvalue weighted by atomic mass is 9.78. The van der Waals surface area contributed by atoms with Gasteiger partial charge in [0, 0.05) is 43.3 Å². The van der Waals surface area contributed by atoms with Crippen LogP contribution in [-0.4, -0.2) is 60.0 Å². The Bertz CT molecular complexity index is 937. The number of piperazine rings is 1. The summed E-state index contributed by atoms with van der Waals surface area (Å²) in [6, 6.07) is 7.74. The minimum absolute atomic E-state index is 0.00796. The van der Waals surface area contributed by atoms with Crippen molar-refractivity contribution in [2.45, 2.75) is 31.5 Å². The number of nitrogens with zero attached hydrogens (tertiary/aromatic N) is 4. The van der Waals surface area contributed by atoms with E-state index in [1.165, 1.54) is 0 Å². The average Bonchev–Trinajstić information content (AvgIpc) is 3.42. The van der Waals surface area contributed by atoms with Crippen LogP contribution in [-0.2, 0) is 21.6 Å². The lowest BCUT2D eigenvalue weighted by Gasteiger charge is -2.40. The first-order valence-electron chi connectivity index (χ1n) is 10.5. The van der Waals surface area contributed by atoms with Crippen LogP contribution in [0.2, 0.25) is 5.02 Å². The fourth-order valence-corrected chi connectivity index (χ4v) is 5.06. The molecule has 1 aromatic heterocycles. The molecule has 2 fully saturated rings. The van der Waals surface area contributed by atoms with Gasteiger partial charge in [-0.25, -0.2) is 9.97 Å². The second-order valence-electron chi connectivity index (χ2n) is 8.31. The molecule has 0 spiro atoms. The van der Waals surface area contributed by atoms with E-state index in [4.69, 9.17) is 16.3 Å². The number of carbonyl (C=O) groups is 1. The molecule has 1 N–H and O–H groups in total. The van der Waals surface area contributed by atoms with Gasteiger partial charge in [0.2, 0.25) is 5.91 Å². The zero-order valence-electron chi connectivity index (χ0n) is 17.1. The van der Waals surface area contributed by atoms with Crippen LogP contribution < -0.4 is 10.2 Å². The summed E-state index contributed by atoms with van der Waals surface area (Å²) in [5.74, 6) is 1.16. The smallest absolute Gasteiger partial charge is 0.234 e. The summed E-state index contributed by atoms with van der Waals surface area (Å²) >= 11 is 6.08. The topological polar surface area (TPSA) is 70.6 Å². The Labute approximate surface area is 181 Å². The monoisotopic (exact) mass is 427 g/mol. The summed E-state index contributed by atoms with van der Waals surface area (Å²) in [7, 11) is 0. The molecule has 0 aliphatic carbocycles. The third-order valence-corrected chi connectivity index (χ3v) is 6.90. The highest BCUT2D eigenvalue weighted by molar-refractivity contribution is 6.30. The van der Waals surface area contributed by atoms with Crippen molar-refractivity contribution in [1.82, 2.24) is 20.2 Å². The molecule has 5 rings (SSSR count). The number of hydrogen-bond donors (Lipinski definition) is 1. The molecule has 2 saturated heterocycles. The Hall–Kier alpha value is -2.22. The van der Waals surface area contributed by atoms with Gasteiger partial charge in [0.15, 0.2) is 0 Å². The van der Waals surface area contributed by atoms with Crippen molar-refractivity contribution in [2.75, 3.05) is 44.2 Å². The van der Waals surface area contributed by atoms with E-state index in [9.17, 15) is 4.79 Å². The Morgan fingerprint density at radius 2 is 1.97 bits per heavy atom. The maximum atomic E-state index is 13.7. The summed E-state index contributed by atoms with van der Waals surface area (Å²) in [6.07, 6.45) is 2.43. The molecular formula is C22H26ClN5O2. The summed E-state index contributed by atoms with van der Waals surface area (Å²) in [4.78, 5) is 26.9. The number of ether oxygens (including phenoxy) is 1. The molecule has 0 saturated carbocycles. The second-order valence-corrected chi connectivity index (χ2v) is 8.74. The number of halogens is 1. The number of nitrogens with one attached hydrogen (secondary N) is 1. The van der Waals surface area contributed by atoms with Crippen LogP contribution in [0.3, 0.4) is 0 Å². The first-order chi connectivity index (χ1) is 14.6. The van der Waals surface area contributed by atoms with Crippen LogP contribution in [0.5, 0.6) is 0 Å². The lowest BCUT2D eigenvalue weighted by molar-refractivity contribution is -0.137. The van der Waals surface area contributed by atoms with Crippen molar-refractivity contribution >= 4 is 23.3 Å². The van der Waals surface area contributed by atoms with Gasteiger partial charge in [-0.3, -0.25) is 4.79 Å². The van der Waals surface area contributed by atoms with E-state index in [0.717, 1.165) is 48.7 Å². The molecule has 0 radical (unpaired) electrons. The van der Waals surface area contributed by atoms with E-state index in [0.29, 0.717) is 31.3 Å². The van der Waals surface area contributed by atoms with Crippen LogP contribution >= 0.6 is 11.6 Å². The number of fused-ring (bicyclic) bond motifs is 1. The summed E-state index contributed by atoms with van der Waals surface area (Å²) in [6.45, 7) is 6.98. The Balaban J connectivity index is 1.34. The van der Waals surface area contributed by atoms with E-state index in [-0.39, 0.29) is 12.0 Å². The second kappa shape index (κ2) is 7.80. The highest BCUT2D eigenvalue weighted by Gasteiger charge is 2.45. The third-order valence-electron chi connectivity index (χ3n) is 6.65. The summed E-state index contributed by atoms with van der Waals surface area (Å²) in [5, 5.41) is 4.08. The predicted octanol–water partition coefficient (Wildman–Crippen LogP) is 2.30. The van der Waals surface area contributed by atoms with Gasteiger partial charge in [0.05, 0.1) is 23.8 Å². The fraction of sp³-hybridized carbons (Fsp3) is 0.500. The molecule has 2 aromatic rings. The number of carbonyl (C=O) groups excluding carboxylic acids is 1. The minimum Gasteiger partial charge on any atom is -0.367 e. The van der Waals surface area contributed by atoms with Crippen molar-refractivity contribution in [3.05, 3.63) is 52.4 Å². The van der Waals surface area contributed by atoms with E-state index < -0.39 is 5.41 Å². The van der Waals surface area contributed by atoms with Crippen LogP contribution in [0.15, 0.2) is 30.6 Å². The van der Waals surface area contributed by atoms with Gasteiger partial charge < -0.3 is 19.9 Å². The van der Waals surface area contributed by atoms with Gasteiger partial charge in [0.1, 0.15) is 12.1 Å². The highest BCUT2D eigenvalue weighted by atomic mass is 35.5. The molecule has 3 aliphatic heterocycles. The van der Waals surface area contributed by atoms with E-state index in [1.807, 2.05) is 36.1 Å². The molecule has 1 aromatic carbocycles. The standard InChI is InChI=1S/C22H26ClN5O2/c1-15-19-18(12-30-15)25-14-26-20(19)27-8-10-28(11-9-27)21(29)22(6-7-24-13-22)16-2-4-17(23)5-3-16/h2-5,14-15,24H,6-13H2,1H3. The number of amides is 1. The third kappa shape index (κ3) is 3.25. The largest absolute Gasteiger partial charge is 0.367 e. The van der Waals surface area contributed by atoms with Crippen molar-refractivity contribution in [1.29, 1.82) is 0 Å². The molecule has 4 heterocycles. The normalized spacial score (nSPS) is 26.1. The van der Waals surface area contributed by atoms with Crippen LogP contribution in [0.4, 0.5) is 5.82 Å². The van der Waals surface area contributed by atoms with Gasteiger partial charge >= 0.3 is 0 Å². The Morgan fingerprint density at radius 1 is 1.20 bits per heavy atom. The maximum Gasteiger partial charge on any atom is 0.234 e. The predicted molar refractivity (Wildman–Crippen MR) is 115 cm³/mol. The minimum atomic E-state index is -0.509. The SMILES string of the molecule is CC1OCc2ncnc(N3CCN(C(=O)C4(c5ccc(Cl)cc5)CCNC4)CC3)c21. The van der Waals surface area contributed by atoms with Gasteiger partial charge in [-0.05, 0) is 37.6 Å². The number of hydrogen-bond acceptors (Lipinski definition) is 6. The van der Waals surface area contributed by atoms with Crippen LogP contribution in [0, 0.1) is 0 Å². The molecule has 2 unspecified atom stereocenters. The van der Waals surface area contributed by atoms with Crippen molar-refractivity contribution in [2.24, 2.45) is 0 Å². The lowest BCUT2D eigenvalue weighted by Crippen LogP contribution is -2.55. The first-order valence-corrected chi connectivity index (χ1v) is 10.9. The van der Waals surface area contributed by atoms with Gasteiger partial charge in [-0.2, -0.15) is 0 Å². The average molecular weight is 428 g/mol. The number of aromatic nitrogens is 2. The zero-order chi connectivity index (χ0) is 20.7. The van der Waals surface area contributed by atoms with E-state index in [1.54, 1.807) is 6.33 Å². The number of benzene rings is 1. The Morgan fingerprint density at radius 3 is 2.67 bits per heavy atom. The molecule has 2 atom stereocenters. The van der Waals surface area contributed by atoms with Crippen LogP contribution in [0.1, 0.15) is 36.3 Å². The molecular weight excluding hydrogens is 402 g/mol. The molecule has 158 valence electrons. The van der Waals surface area contributed by atoms with E-state index >= 15 is 0 Å². The highest BCUT2D eigenvalue weighted by Crippen LogP contribution is 2.37. The van der Waals surface area contributed by atoms with Crippen LogP contribution in [0.25, 0.3) is 0 Å². The van der Waals surface area contributed by atoms with Gasteiger partial charge in [0.25, 0.3) is 0 Å². The molecule has 0 bridgehead atoms. The Kier molecular flexibility index (Phi) is 5.13. The molecule has 7 nitrogen and oxygen atoms in total. The number of anilines is 1. The molecule has 1 amide bonds. The summed E-state index contributed by atoms with van der Waals surface area (Å²) < 4.78 is 5.74. The van der Waals surface area contributed by atoms with Crippen molar-refractivity contribution in [3.63, 3.8) is 0 Å². The van der Waals surface area contributed by atoms with Crippen molar-refractivity contribution in [3.8, 4) is 0 Å². The summed E-state index contributed by atoms with van der Waals surface area (Å²) in [5.41, 5.74) is 2.61. The van der Waals surface area contributed by atoms with E-state index in [2.05, 4.69) is 20.2 Å².